The molecule has 1 fully saturated rings. The van der Waals surface area contributed by atoms with Crippen molar-refractivity contribution in [3.8, 4) is 11.5 Å². The average Bonchev–Trinajstić information content (AvgIpc) is 3.31. The Kier molecular flexibility index (Phi) is 6.51. The van der Waals surface area contributed by atoms with Gasteiger partial charge in [0.1, 0.15) is 30.0 Å². The molecule has 1 saturated heterocycles. The van der Waals surface area contributed by atoms with Crippen LogP contribution in [-0.4, -0.2) is 54.7 Å². The van der Waals surface area contributed by atoms with E-state index in [4.69, 9.17) is 14.2 Å². The van der Waals surface area contributed by atoms with Crippen LogP contribution < -0.4 is 9.47 Å². The molecule has 2 aliphatic rings. The van der Waals surface area contributed by atoms with Gasteiger partial charge in [0.2, 0.25) is 0 Å². The third kappa shape index (κ3) is 4.36. The Morgan fingerprint density at radius 3 is 2.85 bits per heavy atom. The molecule has 0 saturated carbocycles. The number of carbonyl (C=O) groups excluding carboxylic acids is 2. The second-order valence-electron chi connectivity index (χ2n) is 8.11. The van der Waals surface area contributed by atoms with E-state index < -0.39 is 17.7 Å². The first-order valence-corrected chi connectivity index (χ1v) is 10.9. The first-order valence-electron chi connectivity index (χ1n) is 10.9. The molecular weight excluding hydrogens is 422 g/mol. The highest BCUT2D eigenvalue weighted by Gasteiger charge is 2.46. The largest absolute Gasteiger partial charge is 0.507 e. The number of fused-ring (bicyclic) bond motifs is 1. The van der Waals surface area contributed by atoms with Crippen LogP contribution in [0.5, 0.6) is 11.5 Å². The summed E-state index contributed by atoms with van der Waals surface area (Å²) in [5, 5.41) is 11.3. The van der Waals surface area contributed by atoms with Gasteiger partial charge in [-0.1, -0.05) is 24.8 Å². The Labute approximate surface area is 192 Å². The highest BCUT2D eigenvalue weighted by Crippen LogP contribution is 2.41. The van der Waals surface area contributed by atoms with E-state index in [1.165, 1.54) is 12.0 Å². The van der Waals surface area contributed by atoms with Crippen LogP contribution in [0, 0.1) is 0 Å². The topological polar surface area (TPSA) is 85.3 Å². The standard InChI is InChI=1S/C26H27NO6/c1-4-11-32-20-7-5-6-17(15-20)23-22(25(29)26(30)27(23)10-12-31-3)24(28)18-8-9-21-19(14-18)13-16(2)33-21/h4-9,14-16,23,28H,1,10-13H2,2-3H3/t16-,23-/m0/s1. The molecule has 2 heterocycles. The van der Waals surface area contributed by atoms with Crippen molar-refractivity contribution in [3.63, 3.8) is 0 Å². The van der Waals surface area contributed by atoms with Gasteiger partial charge in [0.25, 0.3) is 11.7 Å². The van der Waals surface area contributed by atoms with Gasteiger partial charge in [-0.15, -0.1) is 0 Å². The quantitative estimate of drug-likeness (QED) is 0.287. The molecule has 0 aromatic heterocycles. The van der Waals surface area contributed by atoms with E-state index >= 15 is 0 Å². The number of benzene rings is 2. The molecule has 7 heteroatoms. The van der Waals surface area contributed by atoms with E-state index in [1.807, 2.05) is 19.1 Å². The molecule has 1 amide bonds. The lowest BCUT2D eigenvalue weighted by Gasteiger charge is -2.25. The number of carbonyl (C=O) groups is 2. The minimum atomic E-state index is -0.768. The maximum atomic E-state index is 13.1. The van der Waals surface area contributed by atoms with Crippen molar-refractivity contribution in [2.75, 3.05) is 26.9 Å². The molecule has 7 nitrogen and oxygen atoms in total. The predicted molar refractivity (Wildman–Crippen MR) is 123 cm³/mol. The number of likely N-dealkylation sites (tertiary alicyclic amines) is 1. The van der Waals surface area contributed by atoms with Crippen LogP contribution in [0.3, 0.4) is 0 Å². The molecule has 0 spiro atoms. The molecule has 0 bridgehead atoms. The molecule has 0 unspecified atom stereocenters. The van der Waals surface area contributed by atoms with Crippen LogP contribution in [0.15, 0.2) is 60.7 Å². The second-order valence-corrected chi connectivity index (χ2v) is 8.11. The Hall–Kier alpha value is -3.58. The number of Topliss-reactive ketones (excluding diaryl/α,β-unsaturated/α-hetero) is 1. The summed E-state index contributed by atoms with van der Waals surface area (Å²) in [4.78, 5) is 27.5. The smallest absolute Gasteiger partial charge is 0.295 e. The van der Waals surface area contributed by atoms with Crippen molar-refractivity contribution in [2.24, 2.45) is 0 Å². The molecule has 33 heavy (non-hydrogen) atoms. The fraction of sp³-hybridized carbons (Fsp3) is 0.308. The third-order valence-corrected chi connectivity index (χ3v) is 5.79. The van der Waals surface area contributed by atoms with Crippen molar-refractivity contribution in [1.29, 1.82) is 0 Å². The number of aliphatic hydroxyl groups is 1. The van der Waals surface area contributed by atoms with Crippen molar-refractivity contribution in [3.05, 3.63) is 77.4 Å². The summed E-state index contributed by atoms with van der Waals surface area (Å²) in [7, 11) is 1.53. The van der Waals surface area contributed by atoms with Crippen molar-refractivity contribution >= 4 is 17.4 Å². The van der Waals surface area contributed by atoms with Crippen LogP contribution in [0.25, 0.3) is 5.76 Å². The molecular formula is C26H27NO6. The number of nitrogens with zero attached hydrogens (tertiary/aromatic N) is 1. The molecule has 1 N–H and O–H groups in total. The Morgan fingerprint density at radius 1 is 1.27 bits per heavy atom. The maximum absolute atomic E-state index is 13.1. The first-order chi connectivity index (χ1) is 15.9. The fourth-order valence-corrected chi connectivity index (χ4v) is 4.30. The lowest BCUT2D eigenvalue weighted by Crippen LogP contribution is -2.32. The van der Waals surface area contributed by atoms with Crippen molar-refractivity contribution in [1.82, 2.24) is 4.90 Å². The second kappa shape index (κ2) is 9.50. The van der Waals surface area contributed by atoms with Crippen molar-refractivity contribution < 1.29 is 28.9 Å². The predicted octanol–water partition coefficient (Wildman–Crippen LogP) is 3.64. The lowest BCUT2D eigenvalue weighted by molar-refractivity contribution is -0.140. The summed E-state index contributed by atoms with van der Waals surface area (Å²) in [6.45, 7) is 6.41. The summed E-state index contributed by atoms with van der Waals surface area (Å²) in [5.74, 6) is -0.264. The minimum Gasteiger partial charge on any atom is -0.507 e. The van der Waals surface area contributed by atoms with Crippen LogP contribution in [-0.2, 0) is 20.7 Å². The van der Waals surface area contributed by atoms with Crippen LogP contribution >= 0.6 is 0 Å². The van der Waals surface area contributed by atoms with E-state index in [2.05, 4.69) is 6.58 Å². The summed E-state index contributed by atoms with van der Waals surface area (Å²) in [5.41, 5.74) is 2.13. The normalized spacial score (nSPS) is 21.1. The first kappa shape index (κ1) is 22.6. The highest BCUT2D eigenvalue weighted by atomic mass is 16.5. The Morgan fingerprint density at radius 2 is 2.09 bits per heavy atom. The maximum Gasteiger partial charge on any atom is 0.295 e. The molecule has 2 aromatic rings. The number of hydrogen-bond acceptors (Lipinski definition) is 6. The van der Waals surface area contributed by atoms with Gasteiger partial charge in [-0.2, -0.15) is 0 Å². The van der Waals surface area contributed by atoms with E-state index in [9.17, 15) is 14.7 Å². The monoisotopic (exact) mass is 449 g/mol. The van der Waals surface area contributed by atoms with Crippen LogP contribution in [0.2, 0.25) is 0 Å². The summed E-state index contributed by atoms with van der Waals surface area (Å²) >= 11 is 0. The fourth-order valence-electron chi connectivity index (χ4n) is 4.30. The molecule has 4 rings (SSSR count). The van der Waals surface area contributed by atoms with Crippen molar-refractivity contribution in [2.45, 2.75) is 25.5 Å². The van der Waals surface area contributed by atoms with E-state index in [1.54, 1.807) is 36.4 Å². The number of rotatable bonds is 8. The zero-order valence-corrected chi connectivity index (χ0v) is 18.7. The van der Waals surface area contributed by atoms with Crippen LogP contribution in [0.4, 0.5) is 0 Å². The van der Waals surface area contributed by atoms with E-state index in [0.717, 1.165) is 11.3 Å². The number of hydrogen-bond donors (Lipinski definition) is 1. The summed E-state index contributed by atoms with van der Waals surface area (Å²) in [6.07, 6.45) is 2.40. The van der Waals surface area contributed by atoms with Gasteiger partial charge >= 0.3 is 0 Å². The van der Waals surface area contributed by atoms with Gasteiger partial charge in [-0.3, -0.25) is 9.59 Å². The van der Waals surface area contributed by atoms with Gasteiger partial charge in [-0.25, -0.2) is 0 Å². The van der Waals surface area contributed by atoms with Crippen LogP contribution in [0.1, 0.15) is 29.7 Å². The van der Waals surface area contributed by atoms with Gasteiger partial charge in [0.05, 0.1) is 18.2 Å². The zero-order valence-electron chi connectivity index (χ0n) is 18.7. The number of methoxy groups -OCH3 is 1. The Bertz CT molecular complexity index is 1120. The zero-order chi connectivity index (χ0) is 23.5. The Balaban J connectivity index is 1.81. The molecule has 0 radical (unpaired) electrons. The summed E-state index contributed by atoms with van der Waals surface area (Å²) in [6, 6.07) is 11.7. The lowest BCUT2D eigenvalue weighted by atomic mass is 9.94. The van der Waals surface area contributed by atoms with Gasteiger partial charge in [-0.05, 0) is 48.4 Å². The molecule has 2 aliphatic heterocycles. The van der Waals surface area contributed by atoms with Gasteiger partial charge < -0.3 is 24.2 Å². The third-order valence-electron chi connectivity index (χ3n) is 5.79. The minimum absolute atomic E-state index is 0.0453. The van der Waals surface area contributed by atoms with E-state index in [-0.39, 0.29) is 30.6 Å². The molecule has 2 aromatic carbocycles. The average molecular weight is 450 g/mol. The SMILES string of the molecule is C=CCOc1cccc([C@H]2C(=C(O)c3ccc4c(c3)C[C@H](C)O4)C(=O)C(=O)N2CCOC)c1. The number of amides is 1. The number of ether oxygens (including phenoxy) is 3. The molecule has 0 aliphatic carbocycles. The molecule has 172 valence electrons. The number of ketones is 1. The van der Waals surface area contributed by atoms with Gasteiger partial charge in [0.15, 0.2) is 0 Å². The number of aliphatic hydroxyl groups excluding tert-OH is 1. The van der Waals surface area contributed by atoms with Gasteiger partial charge in [0, 0.05) is 25.6 Å². The molecule has 2 atom stereocenters. The summed E-state index contributed by atoms with van der Waals surface area (Å²) < 4.78 is 16.5. The highest BCUT2D eigenvalue weighted by molar-refractivity contribution is 6.46. The van der Waals surface area contributed by atoms with E-state index in [0.29, 0.717) is 29.9 Å².